The Labute approximate surface area is 120 Å². The number of carbonyl (C=O) groups is 2. The Kier molecular flexibility index (Phi) is 3.26. The van der Waals surface area contributed by atoms with Crippen molar-refractivity contribution in [1.29, 1.82) is 0 Å². The van der Waals surface area contributed by atoms with Gasteiger partial charge in [0.1, 0.15) is 6.10 Å². The smallest absolute Gasteiger partial charge is 0.302 e. The van der Waals surface area contributed by atoms with Crippen LogP contribution >= 0.6 is 0 Å². The maximum atomic E-state index is 11.9. The molecular weight excluding hydrogens is 252 g/mol. The summed E-state index contributed by atoms with van der Waals surface area (Å²) in [5.74, 6) is 1.31. The zero-order valence-corrected chi connectivity index (χ0v) is 12.7. The lowest BCUT2D eigenvalue weighted by atomic mass is 9.58. The first-order valence-electron chi connectivity index (χ1n) is 7.83. The number of rotatable bonds is 1. The van der Waals surface area contributed by atoms with Gasteiger partial charge in [0.25, 0.3) is 0 Å². The van der Waals surface area contributed by atoms with Crippen molar-refractivity contribution in [3.05, 3.63) is 11.1 Å². The third-order valence-electron chi connectivity index (χ3n) is 6.08. The van der Waals surface area contributed by atoms with Crippen LogP contribution in [-0.2, 0) is 14.3 Å². The number of hydrogen-bond donors (Lipinski definition) is 0. The molecule has 3 aliphatic carbocycles. The summed E-state index contributed by atoms with van der Waals surface area (Å²) in [5, 5.41) is 0. The summed E-state index contributed by atoms with van der Waals surface area (Å²) in [6.07, 6.45) is 5.94. The summed E-state index contributed by atoms with van der Waals surface area (Å²) >= 11 is 0. The molecule has 2 saturated carbocycles. The molecule has 3 aliphatic rings. The first-order valence-corrected chi connectivity index (χ1v) is 7.83. The van der Waals surface area contributed by atoms with Crippen molar-refractivity contribution in [1.82, 2.24) is 0 Å². The number of ketones is 1. The normalized spacial score (nSPS) is 40.4. The van der Waals surface area contributed by atoms with Gasteiger partial charge in [0.05, 0.1) is 0 Å². The third-order valence-corrected chi connectivity index (χ3v) is 6.08. The Morgan fingerprint density at radius 3 is 2.70 bits per heavy atom. The standard InChI is InChI=1S/C17H24O3/c1-10-12-8-9-17(3)14(13(12)4-6-15(10)19)5-7-16(17)20-11(2)18/h13-14,16H,4-9H2,1-3H3/t13?,14?,16-,17-/m1/s1. The highest BCUT2D eigenvalue weighted by Crippen LogP contribution is 2.59. The Hall–Kier alpha value is -1.12. The minimum atomic E-state index is -0.159. The highest BCUT2D eigenvalue weighted by atomic mass is 16.5. The van der Waals surface area contributed by atoms with Crippen molar-refractivity contribution in [2.75, 3.05) is 0 Å². The molecule has 3 rings (SSSR count). The van der Waals surface area contributed by atoms with Crippen molar-refractivity contribution in [3.8, 4) is 0 Å². The maximum absolute atomic E-state index is 11.9. The number of Topliss-reactive ketones (excluding diaryl/α,β-unsaturated/α-hetero) is 1. The molecule has 0 N–H and O–H groups in total. The van der Waals surface area contributed by atoms with Gasteiger partial charge in [-0.1, -0.05) is 12.5 Å². The molecule has 0 saturated heterocycles. The number of allylic oxidation sites excluding steroid dienone is 2. The van der Waals surface area contributed by atoms with Crippen LogP contribution in [0.3, 0.4) is 0 Å². The van der Waals surface area contributed by atoms with Crippen molar-refractivity contribution in [2.24, 2.45) is 17.3 Å². The SMILES string of the molecule is CC(=O)O[C@@H]1CCC2C3CCC(=O)C(C)=C3CC[C@]21C. The van der Waals surface area contributed by atoms with Gasteiger partial charge in [0.15, 0.2) is 5.78 Å². The van der Waals surface area contributed by atoms with Crippen LogP contribution in [0.2, 0.25) is 0 Å². The molecule has 0 aromatic rings. The topological polar surface area (TPSA) is 43.4 Å². The van der Waals surface area contributed by atoms with Gasteiger partial charge in [-0.3, -0.25) is 9.59 Å². The van der Waals surface area contributed by atoms with Crippen LogP contribution in [0.5, 0.6) is 0 Å². The Bertz CT molecular complexity index is 490. The fraction of sp³-hybridized carbons (Fsp3) is 0.765. The van der Waals surface area contributed by atoms with Gasteiger partial charge >= 0.3 is 5.97 Å². The van der Waals surface area contributed by atoms with Gasteiger partial charge in [-0.15, -0.1) is 0 Å². The van der Waals surface area contributed by atoms with E-state index in [0.29, 0.717) is 24.0 Å². The van der Waals surface area contributed by atoms with Crippen molar-refractivity contribution < 1.29 is 14.3 Å². The van der Waals surface area contributed by atoms with Crippen LogP contribution in [0, 0.1) is 17.3 Å². The Morgan fingerprint density at radius 2 is 2.00 bits per heavy atom. The lowest BCUT2D eigenvalue weighted by Gasteiger charge is -2.47. The molecule has 0 aromatic carbocycles. The minimum absolute atomic E-state index is 0.0736. The van der Waals surface area contributed by atoms with E-state index < -0.39 is 0 Å². The van der Waals surface area contributed by atoms with E-state index in [1.165, 1.54) is 12.5 Å². The number of hydrogen-bond acceptors (Lipinski definition) is 3. The lowest BCUT2D eigenvalue weighted by Crippen LogP contribution is -2.43. The van der Waals surface area contributed by atoms with Gasteiger partial charge < -0.3 is 4.74 Å². The number of carbonyl (C=O) groups excluding carboxylic acids is 2. The minimum Gasteiger partial charge on any atom is -0.462 e. The first kappa shape index (κ1) is 13.8. The third kappa shape index (κ3) is 1.94. The zero-order valence-electron chi connectivity index (χ0n) is 12.7. The van der Waals surface area contributed by atoms with Gasteiger partial charge in [-0.2, -0.15) is 0 Å². The van der Waals surface area contributed by atoms with E-state index in [-0.39, 0.29) is 17.5 Å². The molecule has 0 radical (unpaired) electrons. The fourth-order valence-electron chi connectivity index (χ4n) is 4.96. The fourth-order valence-corrected chi connectivity index (χ4v) is 4.96. The second-order valence-corrected chi connectivity index (χ2v) is 7.01. The van der Waals surface area contributed by atoms with Crippen LogP contribution < -0.4 is 0 Å². The van der Waals surface area contributed by atoms with E-state index in [0.717, 1.165) is 37.7 Å². The Morgan fingerprint density at radius 1 is 1.25 bits per heavy atom. The summed E-state index contributed by atoms with van der Waals surface area (Å²) in [5.41, 5.74) is 2.55. The summed E-state index contributed by atoms with van der Waals surface area (Å²) in [4.78, 5) is 23.2. The highest BCUT2D eigenvalue weighted by Gasteiger charge is 2.54. The molecule has 110 valence electrons. The van der Waals surface area contributed by atoms with Crippen LogP contribution in [0.4, 0.5) is 0 Å². The summed E-state index contributed by atoms with van der Waals surface area (Å²) in [6, 6.07) is 0. The average molecular weight is 276 g/mol. The van der Waals surface area contributed by atoms with Crippen LogP contribution in [-0.4, -0.2) is 17.9 Å². The summed E-state index contributed by atoms with van der Waals surface area (Å²) < 4.78 is 5.59. The molecule has 0 aromatic heterocycles. The molecule has 2 fully saturated rings. The van der Waals surface area contributed by atoms with Crippen LogP contribution in [0.15, 0.2) is 11.1 Å². The molecule has 3 heteroatoms. The van der Waals surface area contributed by atoms with Crippen LogP contribution in [0.25, 0.3) is 0 Å². The van der Waals surface area contributed by atoms with E-state index in [1.54, 1.807) is 0 Å². The molecule has 2 unspecified atom stereocenters. The average Bonchev–Trinajstić information content (AvgIpc) is 2.71. The predicted octanol–water partition coefficient (Wildman–Crippen LogP) is 3.42. The molecule has 0 heterocycles. The van der Waals surface area contributed by atoms with E-state index in [1.807, 2.05) is 6.92 Å². The second kappa shape index (κ2) is 4.71. The molecule has 0 bridgehead atoms. The molecule has 0 amide bonds. The van der Waals surface area contributed by atoms with Gasteiger partial charge in [0, 0.05) is 18.8 Å². The largest absolute Gasteiger partial charge is 0.462 e. The molecule has 3 nitrogen and oxygen atoms in total. The molecule has 20 heavy (non-hydrogen) atoms. The van der Waals surface area contributed by atoms with E-state index >= 15 is 0 Å². The first-order chi connectivity index (χ1) is 9.43. The van der Waals surface area contributed by atoms with E-state index in [2.05, 4.69) is 6.92 Å². The van der Waals surface area contributed by atoms with Crippen molar-refractivity contribution in [3.63, 3.8) is 0 Å². The summed E-state index contributed by atoms with van der Waals surface area (Å²) in [7, 11) is 0. The Balaban J connectivity index is 1.90. The monoisotopic (exact) mass is 276 g/mol. The lowest BCUT2D eigenvalue weighted by molar-refractivity contribution is -0.153. The zero-order chi connectivity index (χ0) is 14.5. The van der Waals surface area contributed by atoms with E-state index in [4.69, 9.17) is 4.74 Å². The van der Waals surface area contributed by atoms with Crippen molar-refractivity contribution >= 4 is 11.8 Å². The quantitative estimate of drug-likeness (QED) is 0.689. The van der Waals surface area contributed by atoms with Gasteiger partial charge in [-0.25, -0.2) is 0 Å². The summed E-state index contributed by atoms with van der Waals surface area (Å²) in [6.45, 7) is 5.81. The maximum Gasteiger partial charge on any atom is 0.302 e. The molecule has 0 aliphatic heterocycles. The number of ether oxygens (including phenoxy) is 1. The molecular formula is C17H24O3. The van der Waals surface area contributed by atoms with Gasteiger partial charge in [0.2, 0.25) is 0 Å². The second-order valence-electron chi connectivity index (χ2n) is 7.01. The highest BCUT2D eigenvalue weighted by molar-refractivity contribution is 5.96. The van der Waals surface area contributed by atoms with Crippen molar-refractivity contribution in [2.45, 2.75) is 65.4 Å². The van der Waals surface area contributed by atoms with Gasteiger partial charge in [-0.05, 0) is 56.4 Å². The number of esters is 1. The van der Waals surface area contributed by atoms with Crippen LogP contribution in [0.1, 0.15) is 59.3 Å². The number of fused-ring (bicyclic) bond motifs is 3. The van der Waals surface area contributed by atoms with E-state index in [9.17, 15) is 9.59 Å². The predicted molar refractivity (Wildman–Crippen MR) is 76.1 cm³/mol. The molecule has 0 spiro atoms. The molecule has 4 atom stereocenters.